The summed E-state index contributed by atoms with van der Waals surface area (Å²) in [4.78, 5) is 35.9. The summed E-state index contributed by atoms with van der Waals surface area (Å²) in [6.07, 6.45) is -0.0120. The summed E-state index contributed by atoms with van der Waals surface area (Å²) in [7, 11) is 2.49. The average Bonchev–Trinajstić information content (AvgIpc) is 2.57. The van der Waals surface area contributed by atoms with E-state index in [0.717, 1.165) is 5.56 Å². The summed E-state index contributed by atoms with van der Waals surface area (Å²) < 4.78 is 9.07. The van der Waals surface area contributed by atoms with Crippen LogP contribution in [0.4, 0.5) is 4.79 Å². The number of benzene rings is 1. The SMILES string of the molecule is COC(=O)CCN(CC(=O)OC)C(=O)NCc1ccc(Cl)cc1. The lowest BCUT2D eigenvalue weighted by atomic mass is 10.2. The molecule has 0 atom stereocenters. The number of esters is 2. The lowest BCUT2D eigenvalue weighted by molar-refractivity contribution is -0.143. The Kier molecular flexibility index (Phi) is 7.90. The molecule has 126 valence electrons. The third-order valence-corrected chi connectivity index (χ3v) is 3.26. The van der Waals surface area contributed by atoms with Crippen LogP contribution in [0.15, 0.2) is 24.3 Å². The fraction of sp³-hybridized carbons (Fsp3) is 0.400. The van der Waals surface area contributed by atoms with Crippen molar-refractivity contribution in [3.8, 4) is 0 Å². The number of nitrogens with zero attached hydrogens (tertiary/aromatic N) is 1. The molecule has 0 saturated heterocycles. The van der Waals surface area contributed by atoms with Crippen molar-refractivity contribution in [2.24, 2.45) is 0 Å². The number of nitrogens with one attached hydrogen (secondary N) is 1. The quantitative estimate of drug-likeness (QED) is 0.760. The van der Waals surface area contributed by atoms with Crippen molar-refractivity contribution < 1.29 is 23.9 Å². The Morgan fingerprint density at radius 1 is 1.09 bits per heavy atom. The molecular weight excluding hydrogens is 324 g/mol. The van der Waals surface area contributed by atoms with Gasteiger partial charge in [-0.15, -0.1) is 0 Å². The van der Waals surface area contributed by atoms with E-state index >= 15 is 0 Å². The zero-order valence-electron chi connectivity index (χ0n) is 13.0. The summed E-state index contributed by atoms with van der Waals surface area (Å²) in [6, 6.07) is 6.51. The number of methoxy groups -OCH3 is 2. The smallest absolute Gasteiger partial charge is 0.325 e. The maximum Gasteiger partial charge on any atom is 0.325 e. The molecule has 0 aliphatic heterocycles. The zero-order chi connectivity index (χ0) is 17.2. The number of halogens is 1. The minimum atomic E-state index is -0.573. The predicted octanol–water partition coefficient (Wildman–Crippen LogP) is 1.59. The van der Waals surface area contributed by atoms with Crippen LogP contribution in [0.2, 0.25) is 5.02 Å². The fourth-order valence-electron chi connectivity index (χ4n) is 1.69. The summed E-state index contributed by atoms with van der Waals surface area (Å²) in [5.41, 5.74) is 0.855. The van der Waals surface area contributed by atoms with E-state index in [1.807, 2.05) is 0 Å². The van der Waals surface area contributed by atoms with E-state index in [1.165, 1.54) is 19.1 Å². The van der Waals surface area contributed by atoms with E-state index in [0.29, 0.717) is 5.02 Å². The lowest BCUT2D eigenvalue weighted by Crippen LogP contribution is -2.43. The normalized spacial score (nSPS) is 9.87. The number of urea groups is 1. The third kappa shape index (κ3) is 7.01. The standard InChI is InChI=1S/C15H19ClN2O5/c1-22-13(19)7-8-18(10-14(20)23-2)15(21)17-9-11-3-5-12(16)6-4-11/h3-6H,7-10H2,1-2H3,(H,17,21). The minimum absolute atomic E-state index is 0.0120. The van der Waals surface area contributed by atoms with Crippen LogP contribution in [0.5, 0.6) is 0 Å². The van der Waals surface area contributed by atoms with E-state index in [2.05, 4.69) is 14.8 Å². The van der Waals surface area contributed by atoms with Gasteiger partial charge in [0.05, 0.1) is 20.6 Å². The number of ether oxygens (including phenoxy) is 2. The van der Waals surface area contributed by atoms with Gasteiger partial charge in [0.2, 0.25) is 0 Å². The van der Waals surface area contributed by atoms with Gasteiger partial charge in [0.25, 0.3) is 0 Å². The van der Waals surface area contributed by atoms with Gasteiger partial charge in [-0.3, -0.25) is 9.59 Å². The molecule has 2 amide bonds. The molecule has 1 rings (SSSR count). The molecule has 0 bridgehead atoms. The lowest BCUT2D eigenvalue weighted by Gasteiger charge is -2.21. The van der Waals surface area contributed by atoms with Crippen LogP contribution in [-0.2, 0) is 25.6 Å². The maximum absolute atomic E-state index is 12.2. The number of hydrogen-bond donors (Lipinski definition) is 1. The molecule has 0 aliphatic carbocycles. The predicted molar refractivity (Wildman–Crippen MR) is 83.9 cm³/mol. The van der Waals surface area contributed by atoms with Crippen LogP contribution in [0.3, 0.4) is 0 Å². The van der Waals surface area contributed by atoms with Crippen molar-refractivity contribution in [1.82, 2.24) is 10.2 Å². The number of amides is 2. The van der Waals surface area contributed by atoms with Gasteiger partial charge in [-0.2, -0.15) is 0 Å². The Morgan fingerprint density at radius 2 is 1.70 bits per heavy atom. The Hall–Kier alpha value is -2.28. The molecule has 23 heavy (non-hydrogen) atoms. The molecule has 1 N–H and O–H groups in total. The molecule has 0 fully saturated rings. The molecular formula is C15H19ClN2O5. The summed E-state index contributed by atoms with van der Waals surface area (Å²) in [5, 5.41) is 3.28. The minimum Gasteiger partial charge on any atom is -0.469 e. The highest BCUT2D eigenvalue weighted by Crippen LogP contribution is 2.09. The first-order valence-corrected chi connectivity index (χ1v) is 7.25. The molecule has 1 aromatic carbocycles. The van der Waals surface area contributed by atoms with Crippen LogP contribution in [0, 0.1) is 0 Å². The Morgan fingerprint density at radius 3 is 2.26 bits per heavy atom. The zero-order valence-corrected chi connectivity index (χ0v) is 13.8. The second-order valence-electron chi connectivity index (χ2n) is 4.61. The van der Waals surface area contributed by atoms with Gasteiger partial charge in [-0.05, 0) is 17.7 Å². The molecule has 0 heterocycles. The first-order chi connectivity index (χ1) is 11.0. The van der Waals surface area contributed by atoms with Crippen LogP contribution in [0.1, 0.15) is 12.0 Å². The van der Waals surface area contributed by atoms with Crippen LogP contribution >= 0.6 is 11.6 Å². The van der Waals surface area contributed by atoms with Crippen molar-refractivity contribution >= 4 is 29.6 Å². The molecule has 0 radical (unpaired) electrons. The summed E-state index contributed by atoms with van der Waals surface area (Å²) in [5.74, 6) is -1.04. The van der Waals surface area contributed by atoms with E-state index in [4.69, 9.17) is 11.6 Å². The van der Waals surface area contributed by atoms with Crippen molar-refractivity contribution in [2.45, 2.75) is 13.0 Å². The molecule has 1 aromatic rings. The van der Waals surface area contributed by atoms with Crippen molar-refractivity contribution in [1.29, 1.82) is 0 Å². The van der Waals surface area contributed by atoms with Crippen LogP contribution in [0.25, 0.3) is 0 Å². The molecule has 0 aromatic heterocycles. The number of carbonyl (C=O) groups is 3. The highest BCUT2D eigenvalue weighted by molar-refractivity contribution is 6.30. The Balaban J connectivity index is 2.60. The summed E-state index contributed by atoms with van der Waals surface area (Å²) in [6.45, 7) is 0.0695. The number of rotatable bonds is 7. The highest BCUT2D eigenvalue weighted by Gasteiger charge is 2.18. The first-order valence-electron chi connectivity index (χ1n) is 6.87. The van der Waals surface area contributed by atoms with Crippen molar-refractivity contribution in [2.75, 3.05) is 27.3 Å². The second kappa shape index (κ2) is 9.68. The van der Waals surface area contributed by atoms with Gasteiger partial charge in [-0.25, -0.2) is 4.79 Å². The number of hydrogen-bond acceptors (Lipinski definition) is 5. The molecule has 0 spiro atoms. The van der Waals surface area contributed by atoms with Gasteiger partial charge < -0.3 is 19.7 Å². The Labute approximate surface area is 139 Å². The van der Waals surface area contributed by atoms with E-state index in [9.17, 15) is 14.4 Å². The number of carbonyl (C=O) groups excluding carboxylic acids is 3. The fourth-order valence-corrected chi connectivity index (χ4v) is 1.82. The van der Waals surface area contributed by atoms with Crippen molar-refractivity contribution in [3.63, 3.8) is 0 Å². The molecule has 7 nitrogen and oxygen atoms in total. The average molecular weight is 343 g/mol. The maximum atomic E-state index is 12.2. The first kappa shape index (κ1) is 18.8. The van der Waals surface area contributed by atoms with Gasteiger partial charge in [0, 0.05) is 18.1 Å². The molecule has 8 heteroatoms. The monoisotopic (exact) mass is 342 g/mol. The van der Waals surface area contributed by atoms with Crippen LogP contribution in [-0.4, -0.2) is 50.2 Å². The largest absolute Gasteiger partial charge is 0.469 e. The topological polar surface area (TPSA) is 84.9 Å². The molecule has 0 unspecified atom stereocenters. The molecule has 0 aliphatic rings. The summed E-state index contributed by atoms with van der Waals surface area (Å²) >= 11 is 5.79. The van der Waals surface area contributed by atoms with Gasteiger partial charge in [0.15, 0.2) is 0 Å². The highest BCUT2D eigenvalue weighted by atomic mass is 35.5. The Bertz CT molecular complexity index is 547. The van der Waals surface area contributed by atoms with Crippen molar-refractivity contribution in [3.05, 3.63) is 34.9 Å². The molecule has 0 saturated carbocycles. The third-order valence-electron chi connectivity index (χ3n) is 3.01. The van der Waals surface area contributed by atoms with E-state index in [1.54, 1.807) is 24.3 Å². The van der Waals surface area contributed by atoms with Gasteiger partial charge >= 0.3 is 18.0 Å². The van der Waals surface area contributed by atoms with Gasteiger partial charge in [-0.1, -0.05) is 23.7 Å². The van der Waals surface area contributed by atoms with E-state index in [-0.39, 0.29) is 26.1 Å². The van der Waals surface area contributed by atoms with E-state index < -0.39 is 18.0 Å². The second-order valence-corrected chi connectivity index (χ2v) is 5.05. The van der Waals surface area contributed by atoms with Gasteiger partial charge in [0.1, 0.15) is 6.54 Å². The van der Waals surface area contributed by atoms with Crippen LogP contribution < -0.4 is 5.32 Å².